The number of carbonyl (C=O) groups is 1. The van der Waals surface area contributed by atoms with Crippen LogP contribution in [0.1, 0.15) is 23.2 Å². The van der Waals surface area contributed by atoms with Gasteiger partial charge in [0.2, 0.25) is 5.91 Å². The molecule has 1 heterocycles. The zero-order valence-electron chi connectivity index (χ0n) is 18.7. The van der Waals surface area contributed by atoms with E-state index in [1.54, 1.807) is 7.11 Å². The molecule has 0 unspecified atom stereocenters. The number of aryl methyl sites for hydroxylation is 2. The van der Waals surface area contributed by atoms with E-state index in [2.05, 4.69) is 42.6 Å². The van der Waals surface area contributed by atoms with Gasteiger partial charge in [0.15, 0.2) is 0 Å². The topological polar surface area (TPSA) is 56.2 Å². The van der Waals surface area contributed by atoms with Crippen LogP contribution in [0.3, 0.4) is 0 Å². The molecule has 0 aliphatic carbocycles. The maximum atomic E-state index is 12.4. The number of aromatic nitrogens is 2. The van der Waals surface area contributed by atoms with Crippen LogP contribution in [0, 0.1) is 6.92 Å². The Bertz CT molecular complexity index is 1230. The number of hydrogen-bond acceptors (Lipinski definition) is 3. The van der Waals surface area contributed by atoms with E-state index in [9.17, 15) is 4.79 Å². The summed E-state index contributed by atoms with van der Waals surface area (Å²) in [5.74, 6) is 0.769. The molecule has 0 bridgehead atoms. The fourth-order valence-electron chi connectivity index (χ4n) is 3.58. The van der Waals surface area contributed by atoms with E-state index in [0.717, 1.165) is 34.0 Å². The third-order valence-corrected chi connectivity index (χ3v) is 5.65. The SMILES string of the molecule is COc1ccc(-n2nc(CCC(=O)NCc3cccc(Cl)c3)cc2-c2ccc(C)cc2)cc1. The molecule has 0 aliphatic heterocycles. The second-order valence-electron chi connectivity index (χ2n) is 7.90. The number of methoxy groups -OCH3 is 1. The molecule has 5 nitrogen and oxygen atoms in total. The predicted molar refractivity (Wildman–Crippen MR) is 132 cm³/mol. The zero-order chi connectivity index (χ0) is 23.2. The van der Waals surface area contributed by atoms with Crippen molar-refractivity contribution in [1.82, 2.24) is 15.1 Å². The van der Waals surface area contributed by atoms with Crippen molar-refractivity contribution in [2.24, 2.45) is 0 Å². The number of hydrogen-bond donors (Lipinski definition) is 1. The Balaban J connectivity index is 1.50. The van der Waals surface area contributed by atoms with Gasteiger partial charge in [0, 0.05) is 30.0 Å². The molecule has 1 aromatic heterocycles. The number of carbonyl (C=O) groups excluding carboxylic acids is 1. The number of benzene rings is 3. The van der Waals surface area contributed by atoms with Gasteiger partial charge < -0.3 is 10.1 Å². The number of ether oxygens (including phenoxy) is 1. The lowest BCUT2D eigenvalue weighted by atomic mass is 10.1. The van der Waals surface area contributed by atoms with Crippen molar-refractivity contribution in [2.45, 2.75) is 26.3 Å². The van der Waals surface area contributed by atoms with Crippen LogP contribution in [0.25, 0.3) is 16.9 Å². The van der Waals surface area contributed by atoms with Gasteiger partial charge in [0.1, 0.15) is 5.75 Å². The number of halogens is 1. The van der Waals surface area contributed by atoms with Crippen LogP contribution in [0.5, 0.6) is 5.75 Å². The summed E-state index contributed by atoms with van der Waals surface area (Å²) in [4.78, 5) is 12.4. The molecule has 0 saturated heterocycles. The van der Waals surface area contributed by atoms with Crippen molar-refractivity contribution in [1.29, 1.82) is 0 Å². The summed E-state index contributed by atoms with van der Waals surface area (Å²) in [7, 11) is 1.65. The molecule has 0 aliphatic rings. The third kappa shape index (κ3) is 5.82. The van der Waals surface area contributed by atoms with E-state index in [-0.39, 0.29) is 5.91 Å². The van der Waals surface area contributed by atoms with Gasteiger partial charge in [-0.1, -0.05) is 53.6 Å². The second-order valence-corrected chi connectivity index (χ2v) is 8.34. The molecule has 4 aromatic rings. The zero-order valence-corrected chi connectivity index (χ0v) is 19.5. The van der Waals surface area contributed by atoms with Crippen molar-refractivity contribution in [3.05, 3.63) is 101 Å². The van der Waals surface area contributed by atoms with Gasteiger partial charge >= 0.3 is 0 Å². The summed E-state index contributed by atoms with van der Waals surface area (Å²) in [5.41, 5.74) is 6.02. The summed E-state index contributed by atoms with van der Waals surface area (Å²) < 4.78 is 7.20. The summed E-state index contributed by atoms with van der Waals surface area (Å²) in [5, 5.41) is 8.43. The molecule has 0 spiro atoms. The monoisotopic (exact) mass is 459 g/mol. The van der Waals surface area contributed by atoms with E-state index >= 15 is 0 Å². The first-order valence-corrected chi connectivity index (χ1v) is 11.2. The van der Waals surface area contributed by atoms with Crippen LogP contribution in [-0.2, 0) is 17.8 Å². The highest BCUT2D eigenvalue weighted by Crippen LogP contribution is 2.26. The lowest BCUT2D eigenvalue weighted by Gasteiger charge is -2.09. The average molecular weight is 460 g/mol. The molecule has 0 radical (unpaired) electrons. The third-order valence-electron chi connectivity index (χ3n) is 5.41. The normalized spacial score (nSPS) is 10.8. The first-order chi connectivity index (χ1) is 16.0. The number of nitrogens with zero attached hydrogens (tertiary/aromatic N) is 2. The van der Waals surface area contributed by atoms with Crippen LogP contribution in [0.2, 0.25) is 5.02 Å². The summed E-state index contributed by atoms with van der Waals surface area (Å²) in [6.07, 6.45) is 0.900. The van der Waals surface area contributed by atoms with Gasteiger partial charge in [-0.15, -0.1) is 0 Å². The number of rotatable bonds is 8. The van der Waals surface area contributed by atoms with Crippen LogP contribution < -0.4 is 10.1 Å². The first kappa shape index (κ1) is 22.6. The maximum absolute atomic E-state index is 12.4. The molecule has 0 fully saturated rings. The lowest BCUT2D eigenvalue weighted by molar-refractivity contribution is -0.121. The fraction of sp³-hybridized carbons (Fsp3) is 0.185. The van der Waals surface area contributed by atoms with E-state index in [4.69, 9.17) is 21.4 Å². The van der Waals surface area contributed by atoms with Crippen molar-refractivity contribution in [3.8, 4) is 22.7 Å². The van der Waals surface area contributed by atoms with Crippen molar-refractivity contribution in [2.75, 3.05) is 7.11 Å². The highest BCUT2D eigenvalue weighted by molar-refractivity contribution is 6.30. The molecular weight excluding hydrogens is 434 g/mol. The second kappa shape index (κ2) is 10.4. The Morgan fingerprint density at radius 2 is 1.79 bits per heavy atom. The van der Waals surface area contributed by atoms with Gasteiger partial charge in [-0.3, -0.25) is 4.79 Å². The minimum absolute atomic E-state index is 0.0224. The Morgan fingerprint density at radius 3 is 2.48 bits per heavy atom. The van der Waals surface area contributed by atoms with E-state index in [1.165, 1.54) is 5.56 Å². The first-order valence-electron chi connectivity index (χ1n) is 10.8. The minimum Gasteiger partial charge on any atom is -0.497 e. The number of nitrogens with one attached hydrogen (secondary N) is 1. The maximum Gasteiger partial charge on any atom is 0.220 e. The van der Waals surface area contributed by atoms with Gasteiger partial charge in [-0.2, -0.15) is 5.10 Å². The minimum atomic E-state index is -0.0224. The van der Waals surface area contributed by atoms with Crippen LogP contribution in [-0.4, -0.2) is 22.8 Å². The van der Waals surface area contributed by atoms with Gasteiger partial charge in [0.25, 0.3) is 0 Å². The number of amides is 1. The van der Waals surface area contributed by atoms with E-state index in [0.29, 0.717) is 24.4 Å². The molecule has 3 aromatic carbocycles. The smallest absolute Gasteiger partial charge is 0.220 e. The molecule has 6 heteroatoms. The predicted octanol–water partition coefficient (Wildman–Crippen LogP) is 5.76. The van der Waals surface area contributed by atoms with Crippen molar-refractivity contribution < 1.29 is 9.53 Å². The molecule has 1 amide bonds. The fourth-order valence-corrected chi connectivity index (χ4v) is 3.79. The van der Waals surface area contributed by atoms with Crippen LogP contribution in [0.4, 0.5) is 0 Å². The van der Waals surface area contributed by atoms with E-state index < -0.39 is 0 Å². The lowest BCUT2D eigenvalue weighted by Crippen LogP contribution is -2.23. The molecule has 0 saturated carbocycles. The Kier molecular flexibility index (Phi) is 7.10. The van der Waals surface area contributed by atoms with Gasteiger partial charge in [-0.05, 0) is 55.0 Å². The van der Waals surface area contributed by atoms with Crippen LogP contribution in [0.15, 0.2) is 78.9 Å². The van der Waals surface area contributed by atoms with Gasteiger partial charge in [0.05, 0.1) is 24.2 Å². The largest absolute Gasteiger partial charge is 0.497 e. The molecule has 168 valence electrons. The van der Waals surface area contributed by atoms with Gasteiger partial charge in [-0.25, -0.2) is 4.68 Å². The van der Waals surface area contributed by atoms with E-state index in [1.807, 2.05) is 53.2 Å². The molecule has 1 N–H and O–H groups in total. The summed E-state index contributed by atoms with van der Waals surface area (Å²) >= 11 is 6.01. The average Bonchev–Trinajstić information content (AvgIpc) is 3.26. The van der Waals surface area contributed by atoms with Crippen LogP contribution >= 0.6 is 11.6 Å². The summed E-state index contributed by atoms with van der Waals surface area (Å²) in [6, 6.07) is 25.7. The highest BCUT2D eigenvalue weighted by Gasteiger charge is 2.13. The molecule has 33 heavy (non-hydrogen) atoms. The van der Waals surface area contributed by atoms with Crippen molar-refractivity contribution >= 4 is 17.5 Å². The summed E-state index contributed by atoms with van der Waals surface area (Å²) in [6.45, 7) is 2.52. The highest BCUT2D eigenvalue weighted by atomic mass is 35.5. The van der Waals surface area contributed by atoms with Crippen molar-refractivity contribution in [3.63, 3.8) is 0 Å². The Hall–Kier alpha value is -3.57. The Labute approximate surface area is 199 Å². The Morgan fingerprint density at radius 1 is 1.03 bits per heavy atom. The quantitative estimate of drug-likeness (QED) is 0.364. The molecule has 4 rings (SSSR count). The molecular formula is C27H26ClN3O2. The standard InChI is InChI=1S/C27H26ClN3O2/c1-19-6-8-21(9-7-19)26-17-23(30-31(26)24-11-13-25(33-2)14-12-24)10-15-27(32)29-18-20-4-3-5-22(28)16-20/h3-9,11-14,16-17H,10,15,18H2,1-2H3,(H,29,32). The molecule has 0 atom stereocenters.